The Morgan fingerprint density at radius 2 is 1.61 bits per heavy atom. The van der Waals surface area contributed by atoms with Gasteiger partial charge in [0.1, 0.15) is 23.6 Å². The molecule has 8 heteroatoms. The molecular weight excluding hydrogens is 450 g/mol. The zero-order valence-electron chi connectivity index (χ0n) is 20.4. The van der Waals surface area contributed by atoms with Gasteiger partial charge in [-0.15, -0.1) is 0 Å². The van der Waals surface area contributed by atoms with E-state index < -0.39 is 0 Å². The van der Waals surface area contributed by atoms with Gasteiger partial charge in [0.15, 0.2) is 5.82 Å². The molecule has 1 spiro atoms. The van der Waals surface area contributed by atoms with Crippen LogP contribution < -0.4 is 26.2 Å². The van der Waals surface area contributed by atoms with E-state index >= 15 is 0 Å². The summed E-state index contributed by atoms with van der Waals surface area (Å²) >= 11 is 0. The van der Waals surface area contributed by atoms with Crippen LogP contribution >= 0.6 is 0 Å². The van der Waals surface area contributed by atoms with Crippen LogP contribution in [-0.2, 0) is 0 Å². The monoisotopic (exact) mass is 483 g/mol. The van der Waals surface area contributed by atoms with Crippen molar-refractivity contribution in [3.05, 3.63) is 72.1 Å². The van der Waals surface area contributed by atoms with Crippen molar-refractivity contribution in [2.45, 2.75) is 43.8 Å². The van der Waals surface area contributed by atoms with Crippen LogP contribution in [0.2, 0.25) is 0 Å². The Balaban J connectivity index is 1.06. The fourth-order valence-corrected chi connectivity index (χ4v) is 6.43. The van der Waals surface area contributed by atoms with Crippen LogP contribution in [0.3, 0.4) is 0 Å². The van der Waals surface area contributed by atoms with E-state index in [9.17, 15) is 0 Å². The van der Waals surface area contributed by atoms with Crippen LogP contribution in [0.25, 0.3) is 0 Å². The van der Waals surface area contributed by atoms with Crippen molar-refractivity contribution in [1.82, 2.24) is 25.6 Å². The third kappa shape index (κ3) is 3.80. The number of hydrazine groups is 1. The van der Waals surface area contributed by atoms with Gasteiger partial charge in [0, 0.05) is 25.2 Å². The smallest absolute Gasteiger partial charge is 0.153 e. The van der Waals surface area contributed by atoms with Crippen LogP contribution in [-0.4, -0.2) is 53.1 Å². The van der Waals surface area contributed by atoms with Gasteiger partial charge in [-0.2, -0.15) is 0 Å². The van der Waals surface area contributed by atoms with Crippen LogP contribution in [0.15, 0.2) is 60.9 Å². The molecule has 7 rings (SSSR count). The molecule has 186 valence electrons. The summed E-state index contributed by atoms with van der Waals surface area (Å²) in [5.74, 6) is 3.10. The highest BCUT2D eigenvalue weighted by Gasteiger charge is 2.51. The molecule has 3 fully saturated rings. The molecule has 36 heavy (non-hydrogen) atoms. The molecule has 1 unspecified atom stereocenters. The number of benzene rings is 2. The highest BCUT2D eigenvalue weighted by Crippen LogP contribution is 2.53. The number of para-hydroxylation sites is 1. The van der Waals surface area contributed by atoms with Crippen molar-refractivity contribution in [2.75, 3.05) is 36.9 Å². The summed E-state index contributed by atoms with van der Waals surface area (Å²) in [6.07, 6.45) is 6.60. The molecule has 1 saturated carbocycles. The first-order valence-electron chi connectivity index (χ1n) is 13.1. The topological polar surface area (TPSA) is 91.6 Å². The second-order valence-corrected chi connectivity index (χ2v) is 10.8. The van der Waals surface area contributed by atoms with Gasteiger partial charge in [-0.25, -0.2) is 15.4 Å². The second-order valence-electron chi connectivity index (χ2n) is 10.8. The summed E-state index contributed by atoms with van der Waals surface area (Å²) in [4.78, 5) is 11.7. The highest BCUT2D eigenvalue weighted by molar-refractivity contribution is 5.64. The lowest BCUT2D eigenvalue weighted by Gasteiger charge is -2.56. The van der Waals surface area contributed by atoms with E-state index in [-0.39, 0.29) is 6.04 Å². The van der Waals surface area contributed by atoms with E-state index in [1.54, 1.807) is 6.33 Å². The molecule has 1 atom stereocenters. The minimum atomic E-state index is -0.0727. The quantitative estimate of drug-likeness (QED) is 0.508. The third-order valence-corrected chi connectivity index (χ3v) is 8.71. The van der Waals surface area contributed by atoms with Gasteiger partial charge in [-0.1, -0.05) is 30.3 Å². The molecule has 2 aromatic carbocycles. The van der Waals surface area contributed by atoms with Gasteiger partial charge < -0.3 is 15.8 Å². The van der Waals surface area contributed by atoms with Crippen LogP contribution in [0.5, 0.6) is 11.5 Å². The number of nitrogens with one attached hydrogen (secondary N) is 2. The number of anilines is 2. The summed E-state index contributed by atoms with van der Waals surface area (Å²) in [5, 5.41) is 5.69. The van der Waals surface area contributed by atoms with Gasteiger partial charge >= 0.3 is 0 Å². The normalized spacial score (nSPS) is 23.8. The average molecular weight is 484 g/mol. The van der Waals surface area contributed by atoms with Crippen LogP contribution in [0.4, 0.5) is 11.6 Å². The summed E-state index contributed by atoms with van der Waals surface area (Å²) < 4.78 is 5.98. The molecule has 0 bridgehead atoms. The van der Waals surface area contributed by atoms with Crippen molar-refractivity contribution in [1.29, 1.82) is 0 Å². The zero-order chi connectivity index (χ0) is 24.1. The second kappa shape index (κ2) is 8.73. The lowest BCUT2D eigenvalue weighted by atomic mass is 9.60. The van der Waals surface area contributed by atoms with E-state index in [1.807, 2.05) is 42.5 Å². The molecule has 3 aliphatic heterocycles. The first-order valence-corrected chi connectivity index (χ1v) is 13.1. The number of piperidine rings is 1. The SMILES string of the molecule is Nc1ncnc2c1C(c1ccc(Oc3ccccc3)cc1)NN2C1CC2(CCN(C3CNC3)CC2)C1. The molecule has 2 saturated heterocycles. The largest absolute Gasteiger partial charge is 0.457 e. The number of rotatable bonds is 5. The molecule has 4 heterocycles. The molecule has 0 amide bonds. The fraction of sp³-hybridized carbons (Fsp3) is 0.429. The molecule has 1 aliphatic carbocycles. The van der Waals surface area contributed by atoms with E-state index in [1.165, 1.54) is 38.8 Å². The summed E-state index contributed by atoms with van der Waals surface area (Å²) in [5.41, 5.74) is 12.7. The van der Waals surface area contributed by atoms with Crippen molar-refractivity contribution in [3.8, 4) is 11.5 Å². The summed E-state index contributed by atoms with van der Waals surface area (Å²) in [7, 11) is 0. The fourth-order valence-electron chi connectivity index (χ4n) is 6.43. The Morgan fingerprint density at radius 1 is 0.889 bits per heavy atom. The lowest BCUT2D eigenvalue weighted by molar-refractivity contribution is -0.00950. The number of aromatic nitrogens is 2. The Hall–Kier alpha value is -3.20. The maximum Gasteiger partial charge on any atom is 0.153 e. The predicted molar refractivity (Wildman–Crippen MR) is 140 cm³/mol. The van der Waals surface area contributed by atoms with Gasteiger partial charge in [0.2, 0.25) is 0 Å². The number of hydrogen-bond acceptors (Lipinski definition) is 8. The van der Waals surface area contributed by atoms with Crippen molar-refractivity contribution >= 4 is 11.6 Å². The van der Waals surface area contributed by atoms with Crippen LogP contribution in [0.1, 0.15) is 42.9 Å². The van der Waals surface area contributed by atoms with Crippen molar-refractivity contribution < 1.29 is 4.74 Å². The van der Waals surface area contributed by atoms with Crippen LogP contribution in [0, 0.1) is 5.41 Å². The van der Waals surface area contributed by atoms with Gasteiger partial charge in [-0.3, -0.25) is 9.91 Å². The number of nitrogens with zero attached hydrogens (tertiary/aromatic N) is 4. The Labute approximate surface area is 211 Å². The Morgan fingerprint density at radius 3 is 2.31 bits per heavy atom. The van der Waals surface area contributed by atoms with E-state index in [0.717, 1.165) is 47.6 Å². The Kier molecular flexibility index (Phi) is 5.34. The van der Waals surface area contributed by atoms with Gasteiger partial charge in [-0.05, 0) is 74.0 Å². The zero-order valence-corrected chi connectivity index (χ0v) is 20.4. The first-order chi connectivity index (χ1) is 17.7. The molecule has 0 radical (unpaired) electrons. The standard InChI is InChI=1S/C28H33N7O/c29-26-24-25(19-6-8-23(9-7-19)36-22-4-2-1-3-5-22)33-35(27(24)32-18-31-26)20-14-28(15-20)10-12-34(13-11-28)21-16-30-17-21/h1-9,18,20-21,25,30,33H,10-17H2,(H2,29,31,32). The predicted octanol–water partition coefficient (Wildman–Crippen LogP) is 3.48. The van der Waals surface area contributed by atoms with Crippen molar-refractivity contribution in [2.24, 2.45) is 5.41 Å². The number of nitrogen functional groups attached to an aromatic ring is 1. The summed E-state index contributed by atoms with van der Waals surface area (Å²) in [6, 6.07) is 19.2. The van der Waals surface area contributed by atoms with E-state index in [2.05, 4.69) is 42.8 Å². The number of fused-ring (bicyclic) bond motifs is 1. The molecule has 8 nitrogen and oxygen atoms in total. The highest BCUT2D eigenvalue weighted by atomic mass is 16.5. The van der Waals surface area contributed by atoms with E-state index in [4.69, 9.17) is 10.5 Å². The number of nitrogens with two attached hydrogens (primary N) is 1. The Bertz CT molecular complexity index is 1210. The molecular formula is C28H33N7O. The first kappa shape index (κ1) is 22.0. The minimum Gasteiger partial charge on any atom is -0.457 e. The average Bonchev–Trinajstić information content (AvgIpc) is 3.24. The summed E-state index contributed by atoms with van der Waals surface area (Å²) in [6.45, 7) is 4.79. The van der Waals surface area contributed by atoms with Gasteiger partial charge in [0.05, 0.1) is 11.6 Å². The molecule has 4 aliphatic rings. The third-order valence-electron chi connectivity index (χ3n) is 8.71. The maximum absolute atomic E-state index is 6.40. The van der Waals surface area contributed by atoms with Gasteiger partial charge in [0.25, 0.3) is 0 Å². The van der Waals surface area contributed by atoms with E-state index in [0.29, 0.717) is 17.3 Å². The maximum atomic E-state index is 6.40. The number of hydrogen-bond donors (Lipinski definition) is 3. The number of ether oxygens (including phenoxy) is 1. The lowest BCUT2D eigenvalue weighted by Crippen LogP contribution is -2.62. The van der Waals surface area contributed by atoms with Crippen molar-refractivity contribution in [3.63, 3.8) is 0 Å². The molecule has 4 N–H and O–H groups in total. The minimum absolute atomic E-state index is 0.0727. The molecule has 1 aromatic heterocycles. The number of likely N-dealkylation sites (tertiary alicyclic amines) is 1. The molecule has 3 aromatic rings.